The highest BCUT2D eigenvalue weighted by Crippen LogP contribution is 2.25. The van der Waals surface area contributed by atoms with Crippen LogP contribution in [0.1, 0.15) is 0 Å². The Morgan fingerprint density at radius 1 is 0.765 bits per heavy atom. The number of morpholine rings is 2. The van der Waals surface area contributed by atoms with Crippen LogP contribution in [0.3, 0.4) is 0 Å². The lowest BCUT2D eigenvalue weighted by Crippen LogP contribution is -2.30. The molecule has 17 heavy (non-hydrogen) atoms. The molecule has 0 radical (unpaired) electrons. The Bertz CT molecular complexity index is 161. The molecule has 0 aromatic rings. The summed E-state index contributed by atoms with van der Waals surface area (Å²) in [6.07, 6.45) is 0. The van der Waals surface area contributed by atoms with Gasteiger partial charge < -0.3 is 34.8 Å². The number of phosphoric acid groups is 1. The van der Waals surface area contributed by atoms with E-state index >= 15 is 0 Å². The van der Waals surface area contributed by atoms with Crippen LogP contribution in [0.5, 0.6) is 0 Å². The highest BCUT2D eigenvalue weighted by atomic mass is 31.2. The first-order valence-corrected chi connectivity index (χ1v) is 6.92. The van der Waals surface area contributed by atoms with Gasteiger partial charge in [-0.05, 0) is 0 Å². The zero-order valence-electron chi connectivity index (χ0n) is 9.67. The summed E-state index contributed by atoms with van der Waals surface area (Å²) in [5, 5.41) is 6.32. The van der Waals surface area contributed by atoms with Crippen molar-refractivity contribution < 1.29 is 28.7 Å². The van der Waals surface area contributed by atoms with Crippen molar-refractivity contribution in [3.05, 3.63) is 0 Å². The minimum Gasteiger partial charge on any atom is -0.379 e. The molecule has 2 fully saturated rings. The Morgan fingerprint density at radius 2 is 1.00 bits per heavy atom. The molecule has 9 heteroatoms. The molecule has 2 rings (SSSR count). The second-order valence-electron chi connectivity index (χ2n) is 3.24. The van der Waals surface area contributed by atoms with Crippen molar-refractivity contribution in [2.24, 2.45) is 0 Å². The van der Waals surface area contributed by atoms with Gasteiger partial charge in [-0.15, -0.1) is 0 Å². The molecular formula is C8H21N2O6P. The molecule has 2 heterocycles. The van der Waals surface area contributed by atoms with Gasteiger partial charge in [0.2, 0.25) is 0 Å². The van der Waals surface area contributed by atoms with Gasteiger partial charge in [0.15, 0.2) is 0 Å². The summed E-state index contributed by atoms with van der Waals surface area (Å²) < 4.78 is 18.9. The fraction of sp³-hybridized carbons (Fsp3) is 1.00. The monoisotopic (exact) mass is 272 g/mol. The number of nitrogens with one attached hydrogen (secondary N) is 2. The van der Waals surface area contributed by atoms with Crippen molar-refractivity contribution in [1.82, 2.24) is 10.6 Å². The molecule has 2 aliphatic rings. The van der Waals surface area contributed by atoms with Crippen LogP contribution in [-0.2, 0) is 14.0 Å². The van der Waals surface area contributed by atoms with Crippen molar-refractivity contribution in [2.75, 3.05) is 52.6 Å². The van der Waals surface area contributed by atoms with Gasteiger partial charge in [0, 0.05) is 26.2 Å². The van der Waals surface area contributed by atoms with Gasteiger partial charge in [-0.2, -0.15) is 0 Å². The molecular weight excluding hydrogens is 251 g/mol. The summed E-state index contributed by atoms with van der Waals surface area (Å²) in [7, 11) is -4.64. The summed E-state index contributed by atoms with van der Waals surface area (Å²) in [5.41, 5.74) is 0. The van der Waals surface area contributed by atoms with Gasteiger partial charge in [-0.3, -0.25) is 0 Å². The molecule has 8 nitrogen and oxygen atoms in total. The molecule has 2 saturated heterocycles. The Kier molecular flexibility index (Phi) is 11.0. The summed E-state index contributed by atoms with van der Waals surface area (Å²) >= 11 is 0. The van der Waals surface area contributed by atoms with Gasteiger partial charge in [0.25, 0.3) is 0 Å². The van der Waals surface area contributed by atoms with E-state index in [-0.39, 0.29) is 0 Å². The van der Waals surface area contributed by atoms with Crippen molar-refractivity contribution in [1.29, 1.82) is 0 Å². The van der Waals surface area contributed by atoms with E-state index in [0.29, 0.717) is 0 Å². The third-order valence-electron chi connectivity index (χ3n) is 1.69. The molecule has 0 bridgehead atoms. The van der Waals surface area contributed by atoms with E-state index in [1.54, 1.807) is 0 Å². The molecule has 0 amide bonds. The van der Waals surface area contributed by atoms with Gasteiger partial charge in [-0.25, -0.2) is 4.57 Å². The zero-order chi connectivity index (χ0) is 13.0. The maximum Gasteiger partial charge on any atom is 0.466 e. The Morgan fingerprint density at radius 3 is 1.06 bits per heavy atom. The first-order valence-electron chi connectivity index (χ1n) is 5.35. The topological polar surface area (TPSA) is 120 Å². The van der Waals surface area contributed by atoms with Gasteiger partial charge in [0.05, 0.1) is 26.4 Å². The van der Waals surface area contributed by atoms with Crippen LogP contribution >= 0.6 is 7.82 Å². The van der Waals surface area contributed by atoms with E-state index < -0.39 is 7.82 Å². The minimum absolute atomic E-state index is 0.889. The van der Waals surface area contributed by atoms with Gasteiger partial charge >= 0.3 is 7.82 Å². The molecule has 0 atom stereocenters. The van der Waals surface area contributed by atoms with E-state index in [1.165, 1.54) is 0 Å². The Hall–Kier alpha value is -0.0500. The Labute approximate surface area is 101 Å². The maximum absolute atomic E-state index is 8.88. The number of hydrogen-bond donors (Lipinski definition) is 5. The number of rotatable bonds is 0. The molecule has 104 valence electrons. The molecule has 0 aliphatic carbocycles. The van der Waals surface area contributed by atoms with E-state index in [1.807, 2.05) is 0 Å². The number of ether oxygens (including phenoxy) is 2. The van der Waals surface area contributed by atoms with Crippen LogP contribution in [-0.4, -0.2) is 67.3 Å². The fourth-order valence-corrected chi connectivity index (χ4v) is 1.03. The van der Waals surface area contributed by atoms with Crippen LogP contribution < -0.4 is 10.6 Å². The van der Waals surface area contributed by atoms with E-state index in [4.69, 9.17) is 28.7 Å². The van der Waals surface area contributed by atoms with Crippen LogP contribution in [0.4, 0.5) is 0 Å². The number of hydrogen-bond acceptors (Lipinski definition) is 5. The molecule has 5 N–H and O–H groups in total. The average molecular weight is 272 g/mol. The highest BCUT2D eigenvalue weighted by molar-refractivity contribution is 7.45. The largest absolute Gasteiger partial charge is 0.466 e. The third kappa shape index (κ3) is 21.7. The third-order valence-corrected chi connectivity index (χ3v) is 1.69. The molecule has 0 unspecified atom stereocenters. The summed E-state index contributed by atoms with van der Waals surface area (Å²) in [4.78, 5) is 21.6. The zero-order valence-corrected chi connectivity index (χ0v) is 10.6. The summed E-state index contributed by atoms with van der Waals surface area (Å²) in [6.45, 7) is 7.67. The van der Waals surface area contributed by atoms with Crippen molar-refractivity contribution in [3.63, 3.8) is 0 Å². The minimum atomic E-state index is -4.64. The fourth-order valence-electron chi connectivity index (χ4n) is 1.03. The first kappa shape index (κ1) is 16.9. The normalized spacial score (nSPS) is 20.4. The molecule has 0 aromatic carbocycles. The SMILES string of the molecule is C1COCCN1.C1COCCN1.O=P(O)(O)O. The van der Waals surface area contributed by atoms with E-state index in [9.17, 15) is 0 Å². The predicted molar refractivity (Wildman–Crippen MR) is 61.6 cm³/mol. The van der Waals surface area contributed by atoms with Gasteiger partial charge in [-0.1, -0.05) is 0 Å². The lowest BCUT2D eigenvalue weighted by Gasteiger charge is -2.10. The molecule has 2 aliphatic heterocycles. The maximum atomic E-state index is 8.88. The summed E-state index contributed by atoms with van der Waals surface area (Å²) in [6, 6.07) is 0. The summed E-state index contributed by atoms with van der Waals surface area (Å²) in [5.74, 6) is 0. The van der Waals surface area contributed by atoms with E-state index in [2.05, 4.69) is 10.6 Å². The quantitative estimate of drug-likeness (QED) is 0.330. The van der Waals surface area contributed by atoms with Crippen molar-refractivity contribution >= 4 is 7.82 Å². The average Bonchev–Trinajstić information content (AvgIpc) is 2.32. The lowest BCUT2D eigenvalue weighted by atomic mass is 10.5. The Balaban J connectivity index is 0.000000228. The second kappa shape index (κ2) is 11.1. The van der Waals surface area contributed by atoms with Gasteiger partial charge in [0.1, 0.15) is 0 Å². The standard InChI is InChI=1S/2C4H9NO.H3O4P/c2*1-3-6-4-2-5-1;1-5(2,3)4/h2*5H,1-4H2;(H3,1,2,3,4). The smallest absolute Gasteiger partial charge is 0.379 e. The van der Waals surface area contributed by atoms with E-state index in [0.717, 1.165) is 52.6 Å². The van der Waals surface area contributed by atoms with Crippen LogP contribution in [0.2, 0.25) is 0 Å². The van der Waals surface area contributed by atoms with Crippen LogP contribution in [0.25, 0.3) is 0 Å². The van der Waals surface area contributed by atoms with Crippen LogP contribution in [0, 0.1) is 0 Å². The van der Waals surface area contributed by atoms with Crippen molar-refractivity contribution in [3.8, 4) is 0 Å². The second-order valence-corrected chi connectivity index (χ2v) is 4.26. The first-order chi connectivity index (χ1) is 8.00. The molecule has 0 aromatic heterocycles. The van der Waals surface area contributed by atoms with Crippen LogP contribution in [0.15, 0.2) is 0 Å². The predicted octanol–water partition coefficient (Wildman–Crippen LogP) is -1.72. The molecule has 0 saturated carbocycles. The molecule has 0 spiro atoms. The highest BCUT2D eigenvalue weighted by Gasteiger charge is 2.00. The van der Waals surface area contributed by atoms with Crippen molar-refractivity contribution in [2.45, 2.75) is 0 Å². The lowest BCUT2D eigenvalue weighted by molar-refractivity contribution is 0.109.